The van der Waals surface area contributed by atoms with E-state index < -0.39 is 12.0 Å². The number of hydrogen-bond acceptors (Lipinski definition) is 2. The average Bonchev–Trinajstić information content (AvgIpc) is 2.36. The first-order chi connectivity index (χ1) is 9.38. The second-order valence-electron chi connectivity index (χ2n) is 6.49. The van der Waals surface area contributed by atoms with Crippen LogP contribution in [0.4, 0.5) is 5.69 Å². The number of benzene rings is 1. The molecule has 3 nitrogen and oxygen atoms in total. The zero-order chi connectivity index (χ0) is 14.9. The molecule has 1 aliphatic heterocycles. The van der Waals surface area contributed by atoms with Gasteiger partial charge in [0.1, 0.15) is 6.04 Å². The summed E-state index contributed by atoms with van der Waals surface area (Å²) in [4.78, 5) is 13.9. The van der Waals surface area contributed by atoms with Gasteiger partial charge in [-0.25, -0.2) is 4.79 Å². The molecular weight excluding hydrogens is 250 g/mol. The van der Waals surface area contributed by atoms with Crippen LogP contribution in [-0.2, 0) is 4.79 Å². The number of anilines is 1. The SMILES string of the molecule is CCC[C@@H](C(=O)O)N1c2ccccc2[C@@H](C)CC1(C)C. The van der Waals surface area contributed by atoms with Crippen molar-refractivity contribution in [1.82, 2.24) is 0 Å². The minimum Gasteiger partial charge on any atom is -0.480 e. The molecule has 1 N–H and O–H groups in total. The minimum absolute atomic E-state index is 0.133. The molecule has 0 saturated carbocycles. The van der Waals surface area contributed by atoms with Crippen LogP contribution in [0.1, 0.15) is 58.4 Å². The molecule has 2 atom stereocenters. The van der Waals surface area contributed by atoms with Crippen molar-refractivity contribution >= 4 is 11.7 Å². The molecule has 0 aromatic heterocycles. The summed E-state index contributed by atoms with van der Waals surface area (Å²) in [5.41, 5.74) is 2.23. The lowest BCUT2D eigenvalue weighted by Crippen LogP contribution is -2.56. The molecule has 1 aliphatic rings. The van der Waals surface area contributed by atoms with Gasteiger partial charge in [0.25, 0.3) is 0 Å². The summed E-state index contributed by atoms with van der Waals surface area (Å²) >= 11 is 0. The van der Waals surface area contributed by atoms with E-state index in [1.165, 1.54) is 5.56 Å². The van der Waals surface area contributed by atoms with Crippen LogP contribution in [0.25, 0.3) is 0 Å². The van der Waals surface area contributed by atoms with Gasteiger partial charge < -0.3 is 10.0 Å². The van der Waals surface area contributed by atoms with Crippen molar-refractivity contribution in [2.24, 2.45) is 0 Å². The van der Waals surface area contributed by atoms with Crippen molar-refractivity contribution in [1.29, 1.82) is 0 Å². The number of fused-ring (bicyclic) bond motifs is 1. The summed E-state index contributed by atoms with van der Waals surface area (Å²) in [6.07, 6.45) is 2.54. The fourth-order valence-electron chi connectivity index (χ4n) is 3.63. The molecule has 1 heterocycles. The number of carboxylic acid groups (broad SMARTS) is 1. The Morgan fingerprint density at radius 3 is 2.70 bits per heavy atom. The number of hydrogen-bond donors (Lipinski definition) is 1. The zero-order valence-corrected chi connectivity index (χ0v) is 12.9. The monoisotopic (exact) mass is 275 g/mol. The summed E-state index contributed by atoms with van der Waals surface area (Å²) in [5, 5.41) is 9.64. The third-order valence-electron chi connectivity index (χ3n) is 4.34. The van der Waals surface area contributed by atoms with E-state index in [1.54, 1.807) is 0 Å². The van der Waals surface area contributed by atoms with E-state index in [1.807, 2.05) is 19.1 Å². The van der Waals surface area contributed by atoms with Gasteiger partial charge in [-0.3, -0.25) is 0 Å². The van der Waals surface area contributed by atoms with E-state index in [-0.39, 0.29) is 5.54 Å². The Balaban J connectivity index is 2.53. The first kappa shape index (κ1) is 14.9. The van der Waals surface area contributed by atoms with Gasteiger partial charge in [0.15, 0.2) is 0 Å². The van der Waals surface area contributed by atoms with Crippen molar-refractivity contribution in [2.45, 2.75) is 64.5 Å². The summed E-state index contributed by atoms with van der Waals surface area (Å²) < 4.78 is 0. The maximum absolute atomic E-state index is 11.7. The topological polar surface area (TPSA) is 40.5 Å². The number of rotatable bonds is 4. The molecule has 110 valence electrons. The summed E-state index contributed by atoms with van der Waals surface area (Å²) in [7, 11) is 0. The van der Waals surface area contributed by atoms with E-state index >= 15 is 0 Å². The molecule has 0 spiro atoms. The molecule has 0 amide bonds. The second-order valence-corrected chi connectivity index (χ2v) is 6.49. The summed E-state index contributed by atoms with van der Waals surface area (Å²) in [6, 6.07) is 7.81. The van der Waals surface area contributed by atoms with Gasteiger partial charge in [-0.2, -0.15) is 0 Å². The summed E-state index contributed by atoms with van der Waals surface area (Å²) in [5.74, 6) is -0.252. The van der Waals surface area contributed by atoms with Crippen LogP contribution < -0.4 is 4.90 Å². The van der Waals surface area contributed by atoms with E-state index in [9.17, 15) is 9.90 Å². The van der Waals surface area contributed by atoms with E-state index in [4.69, 9.17) is 0 Å². The Labute approximate surface area is 121 Å². The Hall–Kier alpha value is -1.51. The molecular formula is C17H25NO2. The van der Waals surface area contributed by atoms with Crippen molar-refractivity contribution in [2.75, 3.05) is 4.90 Å². The quantitative estimate of drug-likeness (QED) is 0.901. The first-order valence-electron chi connectivity index (χ1n) is 7.49. The third-order valence-corrected chi connectivity index (χ3v) is 4.34. The van der Waals surface area contributed by atoms with Crippen LogP contribution in [0.2, 0.25) is 0 Å². The standard InChI is InChI=1S/C17H25NO2/c1-5-8-15(16(19)20)18-14-10-7-6-9-13(14)12(2)11-17(18,3)4/h6-7,9-10,12,15H,5,8,11H2,1-4H3,(H,19,20)/t12-,15-/m0/s1. The highest BCUT2D eigenvalue weighted by molar-refractivity contribution is 5.80. The van der Waals surface area contributed by atoms with Gasteiger partial charge >= 0.3 is 5.97 Å². The lowest BCUT2D eigenvalue weighted by Gasteiger charge is -2.50. The van der Waals surface area contributed by atoms with E-state index in [0.717, 1.165) is 18.5 Å². The number of nitrogens with zero attached hydrogens (tertiary/aromatic N) is 1. The summed E-state index contributed by atoms with van der Waals surface area (Å²) in [6.45, 7) is 8.59. The number of carbonyl (C=O) groups is 1. The first-order valence-corrected chi connectivity index (χ1v) is 7.49. The molecule has 0 fully saturated rings. The highest BCUT2D eigenvalue weighted by Gasteiger charge is 2.41. The Bertz CT molecular complexity index is 496. The minimum atomic E-state index is -0.718. The van der Waals surface area contributed by atoms with E-state index in [0.29, 0.717) is 12.3 Å². The van der Waals surface area contributed by atoms with Crippen LogP contribution in [0.3, 0.4) is 0 Å². The Morgan fingerprint density at radius 2 is 2.10 bits per heavy atom. The van der Waals surface area contributed by atoms with Gasteiger partial charge in [0.05, 0.1) is 0 Å². The predicted octanol–water partition coefficient (Wildman–Crippen LogP) is 4.03. The Kier molecular flexibility index (Phi) is 4.07. The Morgan fingerprint density at radius 1 is 1.45 bits per heavy atom. The second kappa shape index (κ2) is 5.47. The number of aliphatic carboxylic acids is 1. The van der Waals surface area contributed by atoms with Gasteiger partial charge in [-0.1, -0.05) is 38.5 Å². The van der Waals surface area contributed by atoms with Gasteiger partial charge in [0.2, 0.25) is 0 Å². The molecule has 20 heavy (non-hydrogen) atoms. The third kappa shape index (κ3) is 2.54. The van der Waals surface area contributed by atoms with Gasteiger partial charge in [-0.05, 0) is 44.2 Å². The molecule has 0 aliphatic carbocycles. The predicted molar refractivity (Wildman–Crippen MR) is 82.4 cm³/mol. The average molecular weight is 275 g/mol. The van der Waals surface area contributed by atoms with Crippen molar-refractivity contribution < 1.29 is 9.90 Å². The molecule has 0 saturated heterocycles. The van der Waals surface area contributed by atoms with E-state index in [2.05, 4.69) is 37.8 Å². The lowest BCUT2D eigenvalue weighted by atomic mass is 9.79. The van der Waals surface area contributed by atoms with Crippen LogP contribution >= 0.6 is 0 Å². The molecule has 0 bridgehead atoms. The maximum Gasteiger partial charge on any atom is 0.326 e. The normalized spacial score (nSPS) is 22.2. The van der Waals surface area contributed by atoms with Gasteiger partial charge in [-0.15, -0.1) is 0 Å². The van der Waals surface area contributed by atoms with Crippen molar-refractivity contribution in [3.05, 3.63) is 29.8 Å². The molecule has 1 aromatic carbocycles. The zero-order valence-electron chi connectivity index (χ0n) is 12.9. The van der Waals surface area contributed by atoms with Crippen molar-refractivity contribution in [3.63, 3.8) is 0 Å². The molecule has 2 rings (SSSR count). The number of carboxylic acids is 1. The van der Waals surface area contributed by atoms with Gasteiger partial charge in [0, 0.05) is 11.2 Å². The molecule has 3 heteroatoms. The fraction of sp³-hybridized carbons (Fsp3) is 0.588. The smallest absolute Gasteiger partial charge is 0.326 e. The molecule has 0 unspecified atom stereocenters. The van der Waals surface area contributed by atoms with Crippen LogP contribution in [0, 0.1) is 0 Å². The highest BCUT2D eigenvalue weighted by atomic mass is 16.4. The number of para-hydroxylation sites is 1. The largest absolute Gasteiger partial charge is 0.480 e. The highest BCUT2D eigenvalue weighted by Crippen LogP contribution is 2.44. The molecule has 1 aromatic rings. The van der Waals surface area contributed by atoms with Crippen LogP contribution in [0.15, 0.2) is 24.3 Å². The fourth-order valence-corrected chi connectivity index (χ4v) is 3.63. The van der Waals surface area contributed by atoms with Crippen molar-refractivity contribution in [3.8, 4) is 0 Å². The lowest BCUT2D eigenvalue weighted by molar-refractivity contribution is -0.139. The molecule has 0 radical (unpaired) electrons. The maximum atomic E-state index is 11.7. The van der Waals surface area contributed by atoms with Crippen LogP contribution in [0.5, 0.6) is 0 Å². The van der Waals surface area contributed by atoms with Crippen LogP contribution in [-0.4, -0.2) is 22.7 Å².